The van der Waals surface area contributed by atoms with Crippen molar-refractivity contribution >= 4 is 79.5 Å². The fraction of sp³-hybridized carbons (Fsp3) is 0.565. The normalized spacial score (nSPS) is 11.7. The molecule has 0 fully saturated rings. The van der Waals surface area contributed by atoms with Gasteiger partial charge in [0.05, 0.1) is 9.79 Å². The van der Waals surface area contributed by atoms with Gasteiger partial charge in [-0.25, -0.2) is 16.8 Å². The van der Waals surface area contributed by atoms with Crippen LogP contribution in [0.25, 0.3) is 21.5 Å². The van der Waals surface area contributed by atoms with Crippen molar-refractivity contribution in [2.75, 3.05) is 0 Å². The predicted molar refractivity (Wildman–Crippen MR) is 230 cm³/mol. The molecule has 55 heavy (non-hydrogen) atoms. The van der Waals surface area contributed by atoms with Crippen molar-refractivity contribution in [3.05, 3.63) is 83.9 Å². The fourth-order valence-electron chi connectivity index (χ4n) is 7.52. The number of fused-ring (bicyclic) bond motifs is 2. The molecule has 0 aliphatic rings. The molecule has 0 aromatic heterocycles. The molecule has 0 aliphatic carbocycles. The van der Waals surface area contributed by atoms with Crippen molar-refractivity contribution < 1.29 is 25.9 Å². The van der Waals surface area contributed by atoms with E-state index in [1.54, 1.807) is 24.3 Å². The largest absolute Gasteiger partial charge is 2.00 e. The molecule has 0 spiro atoms. The summed E-state index contributed by atoms with van der Waals surface area (Å²) in [7, 11) is -8.88. The molecule has 4 aromatic rings. The van der Waals surface area contributed by atoms with Crippen LogP contribution in [0.5, 0.6) is 0 Å². The van der Waals surface area contributed by atoms with E-state index in [0.717, 1.165) is 47.6 Å². The minimum Gasteiger partial charge on any atom is -0.744 e. The second-order valence-corrected chi connectivity index (χ2v) is 17.7. The van der Waals surface area contributed by atoms with E-state index in [-0.39, 0.29) is 47.5 Å². The third-order valence-corrected chi connectivity index (χ3v) is 12.4. The minimum absolute atomic E-state index is 0. The number of benzene rings is 4. The Bertz CT molecular complexity index is 1740. The zero-order valence-electron chi connectivity index (χ0n) is 33.9. The van der Waals surface area contributed by atoms with Crippen LogP contribution in [0.2, 0.25) is 0 Å². The van der Waals surface area contributed by atoms with Crippen molar-refractivity contribution in [2.45, 2.75) is 178 Å². The maximum absolute atomic E-state index is 11.5. The Balaban J connectivity index is 0.000000373. The fourth-order valence-corrected chi connectivity index (χ4v) is 8.91. The Morgan fingerprint density at radius 2 is 0.618 bits per heavy atom. The summed E-state index contributed by atoms with van der Waals surface area (Å²) in [4.78, 5) is -0.221. The first kappa shape index (κ1) is 49.6. The first-order valence-corrected chi connectivity index (χ1v) is 23.8. The van der Waals surface area contributed by atoms with Gasteiger partial charge < -0.3 is 9.11 Å². The number of rotatable bonds is 26. The van der Waals surface area contributed by atoms with Gasteiger partial charge in [0.25, 0.3) is 0 Å². The van der Waals surface area contributed by atoms with Gasteiger partial charge in [0.2, 0.25) is 0 Å². The molecular weight excluding hydrogens is 753 g/mol. The van der Waals surface area contributed by atoms with Crippen LogP contribution in [0.4, 0.5) is 0 Å². The van der Waals surface area contributed by atoms with E-state index in [1.165, 1.54) is 141 Å². The summed E-state index contributed by atoms with van der Waals surface area (Å²) in [6.07, 6.45) is 30.7. The van der Waals surface area contributed by atoms with Crippen molar-refractivity contribution in [3.8, 4) is 0 Å². The maximum Gasteiger partial charge on any atom is 2.00 e. The van der Waals surface area contributed by atoms with Crippen LogP contribution in [0.3, 0.4) is 0 Å². The molecule has 0 heterocycles. The zero-order valence-corrected chi connectivity index (χ0v) is 37.7. The van der Waals surface area contributed by atoms with Gasteiger partial charge in [0.15, 0.2) is 0 Å². The van der Waals surface area contributed by atoms with Gasteiger partial charge in [-0.15, -0.1) is 0 Å². The first-order chi connectivity index (χ1) is 26.1. The Kier molecular flexibility index (Phi) is 25.3. The molecule has 0 amide bonds. The summed E-state index contributed by atoms with van der Waals surface area (Å²) in [6, 6.07) is 21.2. The average Bonchev–Trinajstić information content (AvgIpc) is 3.15. The molecule has 0 bridgehead atoms. The van der Waals surface area contributed by atoms with E-state index in [9.17, 15) is 25.9 Å². The number of hydrogen-bond acceptors (Lipinski definition) is 6. The van der Waals surface area contributed by atoms with E-state index < -0.39 is 20.2 Å². The standard InChI is InChI=1S/2C23H34O3S.Ca/c2*1-2-3-4-5-6-7-8-9-10-11-12-15-20-16-13-18-22-21(20)17-14-19-23(22)27(24,25)26;/h2*13-14,16-19H,2-12,15H2,1H3,(H,24,25,26);/q;;+2/p-2. The van der Waals surface area contributed by atoms with Gasteiger partial charge in [-0.3, -0.25) is 0 Å². The zero-order chi connectivity index (χ0) is 39.1. The number of hydrogen-bond donors (Lipinski definition) is 0. The van der Waals surface area contributed by atoms with Crippen molar-refractivity contribution in [2.24, 2.45) is 0 Å². The summed E-state index contributed by atoms with van der Waals surface area (Å²) in [5.41, 5.74) is 2.27. The summed E-state index contributed by atoms with van der Waals surface area (Å²) in [5, 5.41) is 2.88. The molecule has 0 radical (unpaired) electrons. The molecule has 6 nitrogen and oxygen atoms in total. The quantitative estimate of drug-likeness (QED) is 0.0354. The van der Waals surface area contributed by atoms with Crippen molar-refractivity contribution in [3.63, 3.8) is 0 Å². The number of aryl methyl sites for hydroxylation is 2. The van der Waals surface area contributed by atoms with Crippen LogP contribution >= 0.6 is 0 Å². The molecule has 0 N–H and O–H groups in total. The van der Waals surface area contributed by atoms with Crippen LogP contribution in [0.15, 0.2) is 82.6 Å². The first-order valence-electron chi connectivity index (χ1n) is 21.0. The molecular formula is C46H66CaO6S2. The van der Waals surface area contributed by atoms with Crippen molar-refractivity contribution in [1.29, 1.82) is 0 Å². The molecule has 9 heteroatoms. The molecule has 0 saturated carbocycles. The van der Waals surface area contributed by atoms with E-state index in [1.807, 2.05) is 36.4 Å². The van der Waals surface area contributed by atoms with Crippen LogP contribution in [-0.4, -0.2) is 63.7 Å². The third-order valence-electron chi connectivity index (χ3n) is 10.6. The van der Waals surface area contributed by atoms with E-state index in [0.29, 0.717) is 10.8 Å². The smallest absolute Gasteiger partial charge is 0.744 e. The van der Waals surface area contributed by atoms with Crippen LogP contribution in [-0.2, 0) is 33.1 Å². The van der Waals surface area contributed by atoms with Gasteiger partial charge in [-0.05, 0) is 70.5 Å². The maximum atomic E-state index is 11.5. The average molecular weight is 819 g/mol. The Morgan fingerprint density at radius 3 is 0.909 bits per heavy atom. The van der Waals surface area contributed by atoms with Crippen LogP contribution in [0, 0.1) is 0 Å². The molecule has 0 saturated heterocycles. The van der Waals surface area contributed by atoms with Crippen LogP contribution < -0.4 is 0 Å². The van der Waals surface area contributed by atoms with Gasteiger partial charge in [-0.1, -0.05) is 203 Å². The van der Waals surface area contributed by atoms with E-state index in [4.69, 9.17) is 0 Å². The molecule has 0 unspecified atom stereocenters. The van der Waals surface area contributed by atoms with Gasteiger partial charge in [0.1, 0.15) is 20.2 Å². The second-order valence-electron chi connectivity index (χ2n) is 15.0. The van der Waals surface area contributed by atoms with E-state index >= 15 is 0 Å². The molecule has 0 atom stereocenters. The Hall–Kier alpha value is -1.52. The molecule has 4 aromatic carbocycles. The molecule has 4 rings (SSSR count). The Labute approximate surface area is 364 Å². The third kappa shape index (κ3) is 18.7. The molecule has 0 aliphatic heterocycles. The predicted octanol–water partition coefficient (Wildman–Crippen LogP) is 12.8. The SMILES string of the molecule is CCCCCCCCCCCCCc1cccc2c(S(=O)(=O)[O-])cccc12.CCCCCCCCCCCCCc1cccc2c(S(=O)(=O)[O-])cccc12.[Ca+2]. The summed E-state index contributed by atoms with van der Waals surface area (Å²) < 4.78 is 68.8. The molecule has 300 valence electrons. The second kappa shape index (κ2) is 28.0. The van der Waals surface area contributed by atoms with Crippen LogP contribution in [0.1, 0.15) is 166 Å². The summed E-state index contributed by atoms with van der Waals surface area (Å²) in [5.74, 6) is 0. The van der Waals surface area contributed by atoms with Gasteiger partial charge >= 0.3 is 37.7 Å². The van der Waals surface area contributed by atoms with Gasteiger partial charge in [0, 0.05) is 0 Å². The Morgan fingerprint density at radius 1 is 0.364 bits per heavy atom. The summed E-state index contributed by atoms with van der Waals surface area (Å²) in [6.45, 7) is 4.51. The minimum atomic E-state index is -4.44. The summed E-state index contributed by atoms with van der Waals surface area (Å²) >= 11 is 0. The topological polar surface area (TPSA) is 114 Å². The van der Waals surface area contributed by atoms with E-state index in [2.05, 4.69) is 13.8 Å². The number of unbranched alkanes of at least 4 members (excludes halogenated alkanes) is 20. The van der Waals surface area contributed by atoms with Gasteiger partial charge in [-0.2, -0.15) is 0 Å². The monoisotopic (exact) mass is 818 g/mol. The van der Waals surface area contributed by atoms with Crippen molar-refractivity contribution in [1.82, 2.24) is 0 Å².